The van der Waals surface area contributed by atoms with Gasteiger partial charge in [-0.3, -0.25) is 5.10 Å². The minimum Gasteiger partial charge on any atom is -0.378 e. The van der Waals surface area contributed by atoms with Crippen LogP contribution in [0.25, 0.3) is 22.5 Å². The van der Waals surface area contributed by atoms with Gasteiger partial charge in [0.2, 0.25) is 0 Å². The van der Waals surface area contributed by atoms with Gasteiger partial charge in [0.15, 0.2) is 0 Å². The summed E-state index contributed by atoms with van der Waals surface area (Å²) in [4.78, 5) is 6.00. The van der Waals surface area contributed by atoms with Gasteiger partial charge in [0.25, 0.3) is 0 Å². The van der Waals surface area contributed by atoms with Crippen LogP contribution >= 0.6 is 23.2 Å². The maximum Gasteiger partial charge on any atom is 0.131 e. The monoisotopic (exact) mass is 332 g/mol. The molecule has 0 unspecified atom stereocenters. The minimum absolute atomic E-state index is 0.356. The summed E-state index contributed by atoms with van der Waals surface area (Å²) in [5, 5.41) is 8.07. The Morgan fingerprint density at radius 2 is 1.55 bits per heavy atom. The summed E-state index contributed by atoms with van der Waals surface area (Å²) in [6.45, 7) is 0. The minimum atomic E-state index is 0.356. The molecule has 0 aliphatic rings. The highest BCUT2D eigenvalue weighted by Gasteiger charge is 2.08. The molecule has 112 valence electrons. The molecule has 2 aromatic heterocycles. The van der Waals surface area contributed by atoms with E-state index in [0.717, 1.165) is 28.2 Å². The predicted molar refractivity (Wildman–Crippen MR) is 91.6 cm³/mol. The quantitative estimate of drug-likeness (QED) is 0.717. The standard InChI is InChI=1S/C16H14Cl2N4/c1-22(2)12-5-3-10(4-6-12)13-9-14(21-20-13)11-7-15(17)19-16(18)8-11/h3-9H,1-2H3,(H,20,21). The first kappa shape index (κ1) is 14.9. The Bertz CT molecular complexity index is 774. The van der Waals surface area contributed by atoms with Crippen LogP contribution in [-0.2, 0) is 0 Å². The zero-order valence-electron chi connectivity index (χ0n) is 12.1. The first-order valence-electron chi connectivity index (χ1n) is 6.69. The van der Waals surface area contributed by atoms with Crippen LogP contribution in [0.5, 0.6) is 0 Å². The summed E-state index contributed by atoms with van der Waals surface area (Å²) < 4.78 is 0. The van der Waals surface area contributed by atoms with Gasteiger partial charge in [-0.05, 0) is 30.3 Å². The van der Waals surface area contributed by atoms with Crippen molar-refractivity contribution in [2.75, 3.05) is 19.0 Å². The molecule has 1 N–H and O–H groups in total. The fourth-order valence-corrected chi connectivity index (χ4v) is 2.63. The first-order valence-corrected chi connectivity index (χ1v) is 7.45. The molecule has 6 heteroatoms. The van der Waals surface area contributed by atoms with Crippen molar-refractivity contribution in [2.24, 2.45) is 0 Å². The van der Waals surface area contributed by atoms with Crippen molar-refractivity contribution in [3.05, 3.63) is 52.8 Å². The van der Waals surface area contributed by atoms with E-state index < -0.39 is 0 Å². The van der Waals surface area contributed by atoms with E-state index in [0.29, 0.717) is 10.3 Å². The molecule has 3 aromatic rings. The molecule has 0 saturated carbocycles. The zero-order valence-corrected chi connectivity index (χ0v) is 13.7. The van der Waals surface area contributed by atoms with E-state index in [4.69, 9.17) is 23.2 Å². The number of halogens is 2. The molecule has 22 heavy (non-hydrogen) atoms. The van der Waals surface area contributed by atoms with Crippen LogP contribution in [0.4, 0.5) is 5.69 Å². The molecule has 1 aromatic carbocycles. The molecule has 0 saturated heterocycles. The van der Waals surface area contributed by atoms with Crippen molar-refractivity contribution >= 4 is 28.9 Å². The molecule has 4 nitrogen and oxygen atoms in total. The van der Waals surface area contributed by atoms with E-state index in [-0.39, 0.29) is 0 Å². The Balaban J connectivity index is 1.93. The van der Waals surface area contributed by atoms with E-state index in [1.54, 1.807) is 12.1 Å². The molecular weight excluding hydrogens is 319 g/mol. The summed E-state index contributed by atoms with van der Waals surface area (Å²) in [5.74, 6) is 0. The van der Waals surface area contributed by atoms with Gasteiger partial charge in [0.05, 0.1) is 11.4 Å². The zero-order chi connectivity index (χ0) is 15.7. The lowest BCUT2D eigenvalue weighted by Gasteiger charge is -2.11. The Morgan fingerprint density at radius 3 is 2.14 bits per heavy atom. The molecule has 2 heterocycles. The third-order valence-electron chi connectivity index (χ3n) is 3.33. The Morgan fingerprint density at radius 1 is 0.909 bits per heavy atom. The normalized spacial score (nSPS) is 10.7. The van der Waals surface area contributed by atoms with E-state index in [2.05, 4.69) is 32.2 Å². The van der Waals surface area contributed by atoms with Gasteiger partial charge in [-0.25, -0.2) is 4.98 Å². The van der Waals surface area contributed by atoms with Crippen LogP contribution < -0.4 is 4.90 Å². The summed E-state index contributed by atoms with van der Waals surface area (Å²) in [6, 6.07) is 13.7. The lowest BCUT2D eigenvalue weighted by Crippen LogP contribution is -2.07. The predicted octanol–water partition coefficient (Wildman–Crippen LogP) is 4.51. The molecule has 0 aliphatic heterocycles. The number of benzene rings is 1. The number of aromatic nitrogens is 3. The lowest BCUT2D eigenvalue weighted by molar-refractivity contribution is 1.10. The van der Waals surface area contributed by atoms with Crippen LogP contribution in [0, 0.1) is 0 Å². The van der Waals surface area contributed by atoms with Crippen molar-refractivity contribution in [3.63, 3.8) is 0 Å². The van der Waals surface area contributed by atoms with Crippen molar-refractivity contribution in [2.45, 2.75) is 0 Å². The smallest absolute Gasteiger partial charge is 0.131 e. The first-order chi connectivity index (χ1) is 10.5. The largest absolute Gasteiger partial charge is 0.378 e. The fourth-order valence-electron chi connectivity index (χ4n) is 2.17. The van der Waals surface area contributed by atoms with E-state index >= 15 is 0 Å². The maximum absolute atomic E-state index is 5.94. The molecule has 0 atom stereocenters. The van der Waals surface area contributed by atoms with Gasteiger partial charge >= 0.3 is 0 Å². The van der Waals surface area contributed by atoms with Crippen LogP contribution in [0.2, 0.25) is 10.3 Å². The fraction of sp³-hybridized carbons (Fsp3) is 0.125. The summed E-state index contributed by atoms with van der Waals surface area (Å²) in [6.07, 6.45) is 0. The van der Waals surface area contributed by atoms with Gasteiger partial charge in [-0.15, -0.1) is 0 Å². The number of pyridine rings is 1. The molecule has 0 amide bonds. The Labute approximate surface area is 138 Å². The van der Waals surface area contributed by atoms with Crippen molar-refractivity contribution in [1.82, 2.24) is 15.2 Å². The Hall–Kier alpha value is -2.04. The number of hydrogen-bond acceptors (Lipinski definition) is 3. The van der Waals surface area contributed by atoms with Crippen molar-refractivity contribution in [3.8, 4) is 22.5 Å². The second-order valence-corrected chi connectivity index (χ2v) is 5.88. The number of nitrogens with one attached hydrogen (secondary N) is 1. The van der Waals surface area contributed by atoms with Crippen LogP contribution in [-0.4, -0.2) is 29.3 Å². The van der Waals surface area contributed by atoms with E-state index in [1.807, 2.05) is 32.3 Å². The van der Waals surface area contributed by atoms with Crippen LogP contribution in [0.3, 0.4) is 0 Å². The van der Waals surface area contributed by atoms with Crippen LogP contribution in [0.1, 0.15) is 0 Å². The Kier molecular flexibility index (Phi) is 4.05. The number of aromatic amines is 1. The molecule has 3 rings (SSSR count). The third-order valence-corrected chi connectivity index (χ3v) is 3.72. The highest BCUT2D eigenvalue weighted by Crippen LogP contribution is 2.27. The maximum atomic E-state index is 5.94. The van der Waals surface area contributed by atoms with Gasteiger partial charge < -0.3 is 4.90 Å². The van der Waals surface area contributed by atoms with Crippen molar-refractivity contribution < 1.29 is 0 Å². The average molecular weight is 333 g/mol. The summed E-state index contributed by atoms with van der Waals surface area (Å²) >= 11 is 11.9. The lowest BCUT2D eigenvalue weighted by atomic mass is 10.1. The third kappa shape index (κ3) is 3.08. The SMILES string of the molecule is CN(C)c1ccc(-c2cc(-c3cc(Cl)nc(Cl)c3)[nH]n2)cc1. The molecular formula is C16H14Cl2N4. The second-order valence-electron chi connectivity index (χ2n) is 5.11. The van der Waals surface area contributed by atoms with Gasteiger partial charge in [0, 0.05) is 30.9 Å². The molecule has 0 spiro atoms. The topological polar surface area (TPSA) is 44.8 Å². The highest BCUT2D eigenvalue weighted by molar-refractivity contribution is 6.32. The number of H-pyrrole nitrogens is 1. The van der Waals surface area contributed by atoms with E-state index in [1.165, 1.54) is 0 Å². The number of rotatable bonds is 3. The number of nitrogens with zero attached hydrogens (tertiary/aromatic N) is 3. The van der Waals surface area contributed by atoms with Gasteiger partial charge in [-0.1, -0.05) is 35.3 Å². The van der Waals surface area contributed by atoms with Gasteiger partial charge in [-0.2, -0.15) is 5.10 Å². The summed E-state index contributed by atoms with van der Waals surface area (Å²) in [5.41, 5.74) is 4.75. The molecule has 0 radical (unpaired) electrons. The molecule has 0 fully saturated rings. The van der Waals surface area contributed by atoms with E-state index in [9.17, 15) is 0 Å². The number of anilines is 1. The molecule has 0 aliphatic carbocycles. The average Bonchev–Trinajstić information content (AvgIpc) is 2.96. The second kappa shape index (κ2) is 5.99. The molecule has 0 bridgehead atoms. The van der Waals surface area contributed by atoms with Crippen molar-refractivity contribution in [1.29, 1.82) is 0 Å². The van der Waals surface area contributed by atoms with Gasteiger partial charge in [0.1, 0.15) is 10.3 Å². The highest BCUT2D eigenvalue weighted by atomic mass is 35.5. The summed E-state index contributed by atoms with van der Waals surface area (Å²) in [7, 11) is 4.02. The number of hydrogen-bond donors (Lipinski definition) is 1. The van der Waals surface area contributed by atoms with Crippen LogP contribution in [0.15, 0.2) is 42.5 Å².